The van der Waals surface area contributed by atoms with Gasteiger partial charge in [0, 0.05) is 23.2 Å². The Hall–Kier alpha value is 0.439. The smallest absolute Gasteiger partial charge is 0.0317 e. The number of rotatable bonds is 2. The topological polar surface area (TPSA) is 32.3 Å². The van der Waals surface area contributed by atoms with Gasteiger partial charge < -0.3 is 10.4 Å². The monoisotopic (exact) mass is 223 g/mol. The van der Waals surface area contributed by atoms with Gasteiger partial charge in [0.2, 0.25) is 0 Å². The van der Waals surface area contributed by atoms with Crippen LogP contribution >= 0.6 is 0 Å². The Morgan fingerprint density at radius 3 is 2.69 bits per heavy atom. The summed E-state index contributed by atoms with van der Waals surface area (Å²) in [5.41, 5.74) is 0.138. The van der Waals surface area contributed by atoms with Gasteiger partial charge >= 0.3 is 0 Å². The van der Waals surface area contributed by atoms with Gasteiger partial charge in [0.1, 0.15) is 0 Å². The van der Waals surface area contributed by atoms with Crippen LogP contribution < -0.4 is 5.32 Å². The molecule has 2 bridgehead atoms. The summed E-state index contributed by atoms with van der Waals surface area (Å²) >= 11 is 0. The molecule has 3 heteroatoms. The van der Waals surface area contributed by atoms with Gasteiger partial charge in [-0.05, 0) is 7.05 Å². The Labute approximate surface area is 91.0 Å². The molecule has 2 N–H and O–H groups in total. The molecule has 2 saturated carbocycles. The van der Waals surface area contributed by atoms with E-state index < -0.39 is 0 Å². The number of hydrogen-bond acceptors (Lipinski definition) is 2. The maximum absolute atomic E-state index is 9.91. The molecular weight excluding hydrogens is 205 g/mol. The molecule has 0 amide bonds. The van der Waals surface area contributed by atoms with E-state index in [1.807, 2.05) is 7.05 Å². The Kier molecular flexibility index (Phi) is 3.45. The molecule has 0 saturated heterocycles. The van der Waals surface area contributed by atoms with E-state index in [0.29, 0.717) is 5.92 Å². The molecule has 2 rings (SSSR count). The quantitative estimate of drug-likeness (QED) is 0.546. The third-order valence-corrected chi connectivity index (χ3v) is 3.93. The predicted octanol–water partition coefficient (Wildman–Crippen LogP) is 1.31. The van der Waals surface area contributed by atoms with Crippen molar-refractivity contribution >= 4 is 0 Å². The minimum absolute atomic E-state index is 0. The van der Waals surface area contributed by atoms with Crippen molar-refractivity contribution in [2.24, 2.45) is 11.3 Å². The number of fused-ring (bicyclic) bond motifs is 2. The zero-order chi connectivity index (χ0) is 8.77. The first-order valence-corrected chi connectivity index (χ1v) is 4.97. The molecule has 3 atom stereocenters. The summed E-state index contributed by atoms with van der Waals surface area (Å²) < 4.78 is 0. The molecule has 0 heterocycles. The molecule has 0 aliphatic heterocycles. The van der Waals surface area contributed by atoms with E-state index in [1.54, 1.807) is 0 Å². The van der Waals surface area contributed by atoms with Crippen molar-refractivity contribution in [3.8, 4) is 0 Å². The second kappa shape index (κ2) is 3.90. The molecule has 0 aromatic carbocycles. The van der Waals surface area contributed by atoms with Crippen molar-refractivity contribution in [3.05, 3.63) is 6.04 Å². The van der Waals surface area contributed by atoms with Crippen LogP contribution in [0.1, 0.15) is 32.6 Å². The first-order valence-electron chi connectivity index (χ1n) is 4.97. The van der Waals surface area contributed by atoms with Gasteiger partial charge in [0.15, 0.2) is 0 Å². The Balaban J connectivity index is 0.000000845. The second-order valence-corrected chi connectivity index (χ2v) is 4.16. The number of aliphatic hydroxyl groups excluding tert-OH is 1. The molecule has 2 nitrogen and oxygen atoms in total. The van der Waals surface area contributed by atoms with E-state index in [2.05, 4.69) is 12.2 Å². The molecule has 0 aromatic rings. The summed E-state index contributed by atoms with van der Waals surface area (Å²) in [5.74, 6) is 0.657. The summed E-state index contributed by atoms with van der Waals surface area (Å²) in [7, 11) is 2.00. The van der Waals surface area contributed by atoms with Crippen LogP contribution in [0.25, 0.3) is 0 Å². The van der Waals surface area contributed by atoms with Crippen LogP contribution in [0.3, 0.4) is 0 Å². The number of aliphatic hydroxyl groups is 1. The maximum Gasteiger partial charge on any atom is 0.0317 e. The van der Waals surface area contributed by atoms with E-state index in [0.717, 1.165) is 12.8 Å². The fourth-order valence-electron chi connectivity index (χ4n) is 3.25. The molecule has 0 aromatic heterocycles. The zero-order valence-electron chi connectivity index (χ0n) is 8.31. The fourth-order valence-corrected chi connectivity index (χ4v) is 3.25. The van der Waals surface area contributed by atoms with Gasteiger partial charge in [-0.15, -0.1) is 11.3 Å². The van der Waals surface area contributed by atoms with E-state index in [4.69, 9.17) is 0 Å². The van der Waals surface area contributed by atoms with Gasteiger partial charge in [0.25, 0.3) is 0 Å². The molecule has 2 aliphatic carbocycles. The minimum Gasteiger partial charge on any atom is -0.469 e. The molecule has 3 unspecified atom stereocenters. The van der Waals surface area contributed by atoms with Crippen molar-refractivity contribution in [1.29, 1.82) is 0 Å². The Bertz CT molecular complexity index is 188. The number of hydrogen-bond donors (Lipinski definition) is 2. The molecule has 77 valence electrons. The van der Waals surface area contributed by atoms with Crippen LogP contribution in [-0.2, 0) is 17.1 Å². The van der Waals surface area contributed by atoms with Crippen LogP contribution in [-0.4, -0.2) is 18.3 Å². The Morgan fingerprint density at radius 1 is 1.62 bits per heavy atom. The van der Waals surface area contributed by atoms with Crippen LogP contribution in [0.5, 0.6) is 0 Å². The molecule has 13 heavy (non-hydrogen) atoms. The summed E-state index contributed by atoms with van der Waals surface area (Å²) in [5, 5.41) is 13.2. The molecule has 2 fully saturated rings. The van der Waals surface area contributed by atoms with Crippen LogP contribution in [0.4, 0.5) is 0 Å². The Morgan fingerprint density at radius 2 is 2.31 bits per heavy atom. The third kappa shape index (κ3) is 1.37. The van der Waals surface area contributed by atoms with Crippen LogP contribution in [0.2, 0.25) is 0 Å². The van der Waals surface area contributed by atoms with Crippen molar-refractivity contribution in [3.63, 3.8) is 0 Å². The van der Waals surface area contributed by atoms with E-state index in [9.17, 15) is 5.11 Å². The third-order valence-electron chi connectivity index (χ3n) is 3.93. The number of nitrogens with one attached hydrogen (secondary N) is 1. The van der Waals surface area contributed by atoms with Crippen molar-refractivity contribution in [2.45, 2.75) is 38.7 Å². The van der Waals surface area contributed by atoms with Gasteiger partial charge in [-0.3, -0.25) is 0 Å². The average molecular weight is 223 g/mol. The summed E-state index contributed by atoms with van der Waals surface area (Å²) in [6, 6.07) is 1.43. The molecule has 1 radical (unpaired) electrons. The molecule has 2 aliphatic rings. The van der Waals surface area contributed by atoms with Crippen LogP contribution in [0, 0.1) is 17.4 Å². The van der Waals surface area contributed by atoms with E-state index >= 15 is 0 Å². The minimum atomic E-state index is -0.0799. The van der Waals surface area contributed by atoms with Crippen molar-refractivity contribution < 1.29 is 22.2 Å². The van der Waals surface area contributed by atoms with Gasteiger partial charge in [0.05, 0.1) is 0 Å². The molecule has 0 spiro atoms. The van der Waals surface area contributed by atoms with E-state index in [-0.39, 0.29) is 28.6 Å². The predicted molar refractivity (Wildman–Crippen MR) is 48.4 cm³/mol. The summed E-state index contributed by atoms with van der Waals surface area (Å²) in [6.07, 6.45) is 4.46. The van der Waals surface area contributed by atoms with Crippen molar-refractivity contribution in [1.82, 2.24) is 5.32 Å². The summed E-state index contributed by atoms with van der Waals surface area (Å²) in [4.78, 5) is 0. The van der Waals surface area contributed by atoms with Gasteiger partial charge in [-0.2, -0.15) is 0 Å². The van der Waals surface area contributed by atoms with Crippen molar-refractivity contribution in [2.75, 3.05) is 7.05 Å². The average Bonchev–Trinajstić information content (AvgIpc) is 2.55. The summed E-state index contributed by atoms with van der Waals surface area (Å²) in [6.45, 7) is 2.19. The van der Waals surface area contributed by atoms with Gasteiger partial charge in [-0.1, -0.05) is 32.6 Å². The van der Waals surface area contributed by atoms with Gasteiger partial charge in [-0.25, -0.2) is 6.04 Å². The van der Waals surface area contributed by atoms with E-state index in [1.165, 1.54) is 18.9 Å². The SMILES string of the molecule is CCC12CCC(CC1O)[C-]2NC.[Mn]. The first kappa shape index (κ1) is 11.5. The largest absolute Gasteiger partial charge is 0.469 e. The van der Waals surface area contributed by atoms with Crippen LogP contribution in [0.15, 0.2) is 0 Å². The zero-order valence-corrected chi connectivity index (χ0v) is 9.49. The second-order valence-electron chi connectivity index (χ2n) is 4.16. The fraction of sp³-hybridized carbons (Fsp3) is 0.900. The standard InChI is InChI=1S/C10H18NO.Mn/c1-3-10-5-4-7(6-8(10)12)9(10)11-2;/h7-8,11-12H,3-6H2,1-2H3;/q-1;. The maximum atomic E-state index is 9.91. The normalized spacial score (nSPS) is 43.6. The molecular formula is C10H18MnNO-. The first-order chi connectivity index (χ1) is 5.74.